The minimum atomic E-state index is 0.769. The first-order valence-corrected chi connectivity index (χ1v) is 9.32. The number of pyridine rings is 1. The highest BCUT2D eigenvalue weighted by molar-refractivity contribution is 5.79. The SMILES string of the molecule is CCC1CCCCN1CCNC(=NC)NCCc1ccncc1C. The number of hydrogen-bond acceptors (Lipinski definition) is 3. The lowest BCUT2D eigenvalue weighted by molar-refractivity contribution is 0.147. The van der Waals surface area contributed by atoms with Crippen LogP contribution in [0.5, 0.6) is 0 Å². The molecule has 24 heavy (non-hydrogen) atoms. The van der Waals surface area contributed by atoms with Gasteiger partial charge in [-0.05, 0) is 56.3 Å². The number of hydrogen-bond donors (Lipinski definition) is 2. The highest BCUT2D eigenvalue weighted by atomic mass is 15.2. The van der Waals surface area contributed by atoms with E-state index in [0.29, 0.717) is 0 Å². The van der Waals surface area contributed by atoms with E-state index in [1.54, 1.807) is 0 Å². The van der Waals surface area contributed by atoms with E-state index in [-0.39, 0.29) is 0 Å². The highest BCUT2D eigenvalue weighted by Crippen LogP contribution is 2.18. The summed E-state index contributed by atoms with van der Waals surface area (Å²) in [4.78, 5) is 11.1. The van der Waals surface area contributed by atoms with Gasteiger partial charge in [0, 0.05) is 45.1 Å². The number of aromatic nitrogens is 1. The van der Waals surface area contributed by atoms with Crippen molar-refractivity contribution in [3.63, 3.8) is 0 Å². The van der Waals surface area contributed by atoms with Gasteiger partial charge in [-0.3, -0.25) is 14.9 Å². The first kappa shape index (κ1) is 18.7. The smallest absolute Gasteiger partial charge is 0.191 e. The van der Waals surface area contributed by atoms with Gasteiger partial charge in [0.15, 0.2) is 5.96 Å². The summed E-state index contributed by atoms with van der Waals surface area (Å²) in [6, 6.07) is 2.86. The summed E-state index contributed by atoms with van der Waals surface area (Å²) < 4.78 is 0. The molecule has 0 radical (unpaired) electrons. The van der Waals surface area contributed by atoms with Crippen LogP contribution < -0.4 is 10.6 Å². The lowest BCUT2D eigenvalue weighted by Gasteiger charge is -2.35. The molecule has 2 N–H and O–H groups in total. The zero-order valence-electron chi connectivity index (χ0n) is 15.5. The van der Waals surface area contributed by atoms with Crippen molar-refractivity contribution in [2.45, 2.75) is 52.0 Å². The highest BCUT2D eigenvalue weighted by Gasteiger charge is 2.19. The Morgan fingerprint density at radius 3 is 2.92 bits per heavy atom. The molecule has 1 saturated heterocycles. The molecule has 0 aliphatic carbocycles. The molecular formula is C19H33N5. The molecule has 1 unspecified atom stereocenters. The zero-order chi connectivity index (χ0) is 17.2. The maximum absolute atomic E-state index is 4.33. The quantitative estimate of drug-likeness (QED) is 0.595. The zero-order valence-corrected chi connectivity index (χ0v) is 15.5. The Bertz CT molecular complexity index is 514. The van der Waals surface area contributed by atoms with Crippen LogP contribution in [0.25, 0.3) is 0 Å². The van der Waals surface area contributed by atoms with Gasteiger partial charge in [0.25, 0.3) is 0 Å². The number of rotatable bonds is 7. The largest absolute Gasteiger partial charge is 0.356 e. The molecule has 1 aliphatic heterocycles. The van der Waals surface area contributed by atoms with Crippen molar-refractivity contribution in [3.05, 3.63) is 29.6 Å². The van der Waals surface area contributed by atoms with Crippen LogP contribution in [-0.2, 0) is 6.42 Å². The van der Waals surface area contributed by atoms with Gasteiger partial charge in [0.2, 0.25) is 0 Å². The molecule has 0 aromatic carbocycles. The molecule has 5 heteroatoms. The van der Waals surface area contributed by atoms with E-state index in [2.05, 4.69) is 45.4 Å². The maximum Gasteiger partial charge on any atom is 0.191 e. The fourth-order valence-corrected chi connectivity index (χ4v) is 3.45. The minimum absolute atomic E-state index is 0.769. The van der Waals surface area contributed by atoms with Crippen molar-refractivity contribution in [2.24, 2.45) is 4.99 Å². The fourth-order valence-electron chi connectivity index (χ4n) is 3.45. The summed E-state index contributed by atoms with van der Waals surface area (Å²) in [5.74, 6) is 0.895. The Labute approximate surface area is 147 Å². The van der Waals surface area contributed by atoms with E-state index in [9.17, 15) is 0 Å². The molecule has 1 aromatic rings. The van der Waals surface area contributed by atoms with Gasteiger partial charge in [-0.25, -0.2) is 0 Å². The first-order chi connectivity index (χ1) is 11.7. The minimum Gasteiger partial charge on any atom is -0.356 e. The second-order valence-electron chi connectivity index (χ2n) is 6.57. The third-order valence-electron chi connectivity index (χ3n) is 4.96. The van der Waals surface area contributed by atoms with Crippen LogP contribution in [0, 0.1) is 6.92 Å². The number of nitrogens with one attached hydrogen (secondary N) is 2. The van der Waals surface area contributed by atoms with Crippen LogP contribution in [0.2, 0.25) is 0 Å². The van der Waals surface area contributed by atoms with Gasteiger partial charge in [0.1, 0.15) is 0 Å². The molecule has 134 valence electrons. The lowest BCUT2D eigenvalue weighted by Crippen LogP contribution is -2.46. The topological polar surface area (TPSA) is 52.5 Å². The molecule has 1 fully saturated rings. The Morgan fingerprint density at radius 2 is 2.17 bits per heavy atom. The van der Waals surface area contributed by atoms with Crippen LogP contribution in [0.1, 0.15) is 43.7 Å². The number of aliphatic imine (C=N–C) groups is 1. The molecule has 0 spiro atoms. The molecule has 5 nitrogen and oxygen atoms in total. The summed E-state index contributed by atoms with van der Waals surface area (Å²) in [5.41, 5.74) is 2.59. The summed E-state index contributed by atoms with van der Waals surface area (Å²) >= 11 is 0. The predicted molar refractivity (Wildman–Crippen MR) is 102 cm³/mol. The van der Waals surface area contributed by atoms with Gasteiger partial charge in [-0.1, -0.05) is 13.3 Å². The Balaban J connectivity index is 1.68. The van der Waals surface area contributed by atoms with Crippen LogP contribution in [0.4, 0.5) is 0 Å². The first-order valence-electron chi connectivity index (χ1n) is 9.32. The van der Waals surface area contributed by atoms with Crippen LogP contribution in [0.3, 0.4) is 0 Å². The second-order valence-corrected chi connectivity index (χ2v) is 6.57. The van der Waals surface area contributed by atoms with Crippen molar-refractivity contribution >= 4 is 5.96 Å². The molecule has 2 heterocycles. The number of piperidine rings is 1. The van der Waals surface area contributed by atoms with E-state index in [4.69, 9.17) is 0 Å². The van der Waals surface area contributed by atoms with Crippen LogP contribution in [-0.4, -0.2) is 55.1 Å². The van der Waals surface area contributed by atoms with Gasteiger partial charge in [0.05, 0.1) is 0 Å². The Kier molecular flexibility index (Phi) is 8.02. The van der Waals surface area contributed by atoms with Crippen molar-refractivity contribution in [3.8, 4) is 0 Å². The summed E-state index contributed by atoms with van der Waals surface area (Å²) in [6.45, 7) is 8.59. The van der Waals surface area contributed by atoms with Crippen molar-refractivity contribution in [1.29, 1.82) is 0 Å². The summed E-state index contributed by atoms with van der Waals surface area (Å²) in [6.07, 6.45) is 10.1. The molecule has 1 aromatic heterocycles. The van der Waals surface area contributed by atoms with E-state index >= 15 is 0 Å². The number of likely N-dealkylation sites (tertiary alicyclic amines) is 1. The van der Waals surface area contributed by atoms with Gasteiger partial charge in [-0.2, -0.15) is 0 Å². The summed E-state index contributed by atoms with van der Waals surface area (Å²) in [5, 5.41) is 6.86. The fraction of sp³-hybridized carbons (Fsp3) is 0.684. The molecule has 1 atom stereocenters. The predicted octanol–water partition coefficient (Wildman–Crippen LogP) is 2.36. The Morgan fingerprint density at radius 1 is 1.33 bits per heavy atom. The van der Waals surface area contributed by atoms with Crippen LogP contribution in [0.15, 0.2) is 23.5 Å². The number of nitrogens with zero attached hydrogens (tertiary/aromatic N) is 3. The molecular weight excluding hydrogens is 298 g/mol. The molecule has 0 bridgehead atoms. The van der Waals surface area contributed by atoms with E-state index < -0.39 is 0 Å². The van der Waals surface area contributed by atoms with E-state index in [1.807, 2.05) is 19.4 Å². The average molecular weight is 332 g/mol. The van der Waals surface area contributed by atoms with Gasteiger partial charge >= 0.3 is 0 Å². The maximum atomic E-state index is 4.33. The Hall–Kier alpha value is -1.62. The molecule has 2 rings (SSSR count). The van der Waals surface area contributed by atoms with Crippen molar-refractivity contribution in [2.75, 3.05) is 33.2 Å². The average Bonchev–Trinajstić information content (AvgIpc) is 2.62. The molecule has 0 saturated carbocycles. The number of guanidine groups is 1. The molecule has 0 amide bonds. The van der Waals surface area contributed by atoms with E-state index in [0.717, 1.165) is 38.1 Å². The van der Waals surface area contributed by atoms with Crippen molar-refractivity contribution in [1.82, 2.24) is 20.5 Å². The molecule has 1 aliphatic rings. The van der Waals surface area contributed by atoms with Gasteiger partial charge < -0.3 is 10.6 Å². The van der Waals surface area contributed by atoms with Crippen LogP contribution >= 0.6 is 0 Å². The third-order valence-corrected chi connectivity index (χ3v) is 4.96. The normalized spacial score (nSPS) is 19.3. The van der Waals surface area contributed by atoms with E-state index in [1.165, 1.54) is 43.4 Å². The lowest BCUT2D eigenvalue weighted by atomic mass is 10.0. The number of aryl methyl sites for hydroxylation is 1. The standard InChI is InChI=1S/C19H33N5/c1-4-18-7-5-6-13-24(18)14-12-23-19(20-3)22-11-9-17-8-10-21-15-16(17)2/h8,10,15,18H,4-7,9,11-14H2,1-3H3,(H2,20,22,23). The third kappa shape index (κ3) is 5.78. The van der Waals surface area contributed by atoms with Crippen molar-refractivity contribution < 1.29 is 0 Å². The summed E-state index contributed by atoms with van der Waals surface area (Å²) in [7, 11) is 1.84. The second kappa shape index (κ2) is 10.3. The monoisotopic (exact) mass is 331 g/mol. The van der Waals surface area contributed by atoms with Gasteiger partial charge in [-0.15, -0.1) is 0 Å².